The van der Waals surface area contributed by atoms with E-state index >= 15 is 0 Å². The lowest BCUT2D eigenvalue weighted by Crippen LogP contribution is -2.48. The van der Waals surface area contributed by atoms with Crippen molar-refractivity contribution in [2.75, 3.05) is 59.4 Å². The number of nitrogens with zero attached hydrogens (tertiary/aromatic N) is 2. The number of piperazine rings is 1. The van der Waals surface area contributed by atoms with E-state index in [0.717, 1.165) is 38.3 Å². The van der Waals surface area contributed by atoms with Gasteiger partial charge in [0.25, 0.3) is 0 Å². The first-order valence-electron chi connectivity index (χ1n) is 9.82. The number of rotatable bonds is 8. The summed E-state index contributed by atoms with van der Waals surface area (Å²) in [5.41, 5.74) is 1.62. The van der Waals surface area contributed by atoms with Crippen LogP contribution in [0.15, 0.2) is 36.4 Å². The molecule has 162 valence electrons. The van der Waals surface area contributed by atoms with Crippen molar-refractivity contribution >= 4 is 11.6 Å². The third kappa shape index (κ3) is 5.40. The first-order valence-corrected chi connectivity index (χ1v) is 9.82. The van der Waals surface area contributed by atoms with Gasteiger partial charge in [0.1, 0.15) is 5.82 Å². The van der Waals surface area contributed by atoms with Crippen molar-refractivity contribution in [1.82, 2.24) is 9.80 Å². The smallest absolute Gasteiger partial charge is 0.238 e. The SMILES string of the molecule is COc1ccc(CN2CCN(CC(=O)Nc3ccc(F)cc3)CC2)c(OC)c1OC. The third-order valence-corrected chi connectivity index (χ3v) is 5.14. The monoisotopic (exact) mass is 417 g/mol. The van der Waals surface area contributed by atoms with Crippen molar-refractivity contribution in [3.05, 3.63) is 47.8 Å². The van der Waals surface area contributed by atoms with Crippen LogP contribution >= 0.6 is 0 Å². The van der Waals surface area contributed by atoms with Crippen molar-refractivity contribution in [3.63, 3.8) is 0 Å². The zero-order valence-corrected chi connectivity index (χ0v) is 17.6. The highest BCUT2D eigenvalue weighted by atomic mass is 19.1. The Balaban J connectivity index is 1.52. The molecule has 2 aromatic carbocycles. The largest absolute Gasteiger partial charge is 0.493 e. The first-order chi connectivity index (χ1) is 14.5. The predicted octanol–water partition coefficient (Wildman–Crippen LogP) is 2.61. The summed E-state index contributed by atoms with van der Waals surface area (Å²) in [6.45, 7) is 4.27. The summed E-state index contributed by atoms with van der Waals surface area (Å²) in [4.78, 5) is 16.7. The Labute approximate surface area is 176 Å². The highest BCUT2D eigenvalue weighted by Gasteiger charge is 2.22. The highest BCUT2D eigenvalue weighted by Crippen LogP contribution is 2.40. The number of hydrogen-bond donors (Lipinski definition) is 1. The van der Waals surface area contributed by atoms with Crippen LogP contribution in [0.25, 0.3) is 0 Å². The average molecular weight is 417 g/mol. The number of anilines is 1. The van der Waals surface area contributed by atoms with E-state index in [1.54, 1.807) is 33.5 Å². The molecule has 7 nitrogen and oxygen atoms in total. The number of methoxy groups -OCH3 is 3. The molecule has 0 aromatic heterocycles. The van der Waals surface area contributed by atoms with Crippen LogP contribution in [0.4, 0.5) is 10.1 Å². The topological polar surface area (TPSA) is 63.3 Å². The van der Waals surface area contributed by atoms with E-state index < -0.39 is 0 Å². The molecule has 1 saturated heterocycles. The standard InChI is InChI=1S/C22H28FN3O4/c1-28-19-9-4-16(21(29-2)22(19)30-3)14-25-10-12-26(13-11-25)15-20(27)24-18-7-5-17(23)6-8-18/h4-9H,10-15H2,1-3H3,(H,24,27). The Morgan fingerprint density at radius 3 is 2.13 bits per heavy atom. The molecule has 0 aliphatic carbocycles. The van der Waals surface area contributed by atoms with Gasteiger partial charge in [0.15, 0.2) is 11.5 Å². The number of carbonyl (C=O) groups excluding carboxylic acids is 1. The third-order valence-electron chi connectivity index (χ3n) is 5.14. The Hall–Kier alpha value is -2.84. The number of carbonyl (C=O) groups is 1. The van der Waals surface area contributed by atoms with Crippen molar-refractivity contribution in [2.45, 2.75) is 6.54 Å². The highest BCUT2D eigenvalue weighted by molar-refractivity contribution is 5.92. The molecular formula is C22H28FN3O4. The number of nitrogens with one attached hydrogen (secondary N) is 1. The lowest BCUT2D eigenvalue weighted by Gasteiger charge is -2.34. The number of ether oxygens (including phenoxy) is 3. The second-order valence-corrected chi connectivity index (χ2v) is 7.10. The molecule has 8 heteroatoms. The van der Waals surface area contributed by atoms with Gasteiger partial charge in [-0.2, -0.15) is 0 Å². The van der Waals surface area contributed by atoms with Crippen LogP contribution in [-0.4, -0.2) is 69.8 Å². The second-order valence-electron chi connectivity index (χ2n) is 7.10. The molecule has 0 spiro atoms. The normalized spacial score (nSPS) is 14.9. The number of halogens is 1. The van der Waals surface area contributed by atoms with Gasteiger partial charge in [-0.1, -0.05) is 6.07 Å². The predicted molar refractivity (Wildman–Crippen MR) is 113 cm³/mol. The van der Waals surface area contributed by atoms with Crippen LogP contribution in [0.2, 0.25) is 0 Å². The average Bonchev–Trinajstić information content (AvgIpc) is 2.76. The summed E-state index contributed by atoms with van der Waals surface area (Å²) in [5.74, 6) is 1.48. The van der Waals surface area contributed by atoms with Crippen LogP contribution in [0, 0.1) is 5.82 Å². The maximum atomic E-state index is 13.0. The van der Waals surface area contributed by atoms with E-state index in [1.807, 2.05) is 12.1 Å². The van der Waals surface area contributed by atoms with E-state index in [2.05, 4.69) is 15.1 Å². The molecule has 0 bridgehead atoms. The maximum Gasteiger partial charge on any atom is 0.238 e. The minimum atomic E-state index is -0.324. The maximum absolute atomic E-state index is 13.0. The number of hydrogen-bond acceptors (Lipinski definition) is 6. The van der Waals surface area contributed by atoms with Gasteiger partial charge in [-0.05, 0) is 30.3 Å². The summed E-state index contributed by atoms with van der Waals surface area (Å²) >= 11 is 0. The first kappa shape index (κ1) is 21.9. The number of benzene rings is 2. The van der Waals surface area contributed by atoms with Crippen molar-refractivity contribution in [2.24, 2.45) is 0 Å². The minimum absolute atomic E-state index is 0.100. The Morgan fingerprint density at radius 1 is 0.900 bits per heavy atom. The summed E-state index contributed by atoms with van der Waals surface area (Å²) in [5, 5.41) is 2.80. The molecule has 0 unspecified atom stereocenters. The summed E-state index contributed by atoms with van der Waals surface area (Å²) in [7, 11) is 4.82. The van der Waals surface area contributed by atoms with Crippen LogP contribution in [0.3, 0.4) is 0 Å². The van der Waals surface area contributed by atoms with Gasteiger partial charge in [-0.3, -0.25) is 14.6 Å². The Bertz CT molecular complexity index is 852. The molecule has 0 radical (unpaired) electrons. The van der Waals surface area contributed by atoms with Gasteiger partial charge in [-0.15, -0.1) is 0 Å². The zero-order chi connectivity index (χ0) is 21.5. The van der Waals surface area contributed by atoms with E-state index in [1.165, 1.54) is 12.1 Å². The molecule has 1 N–H and O–H groups in total. The van der Waals surface area contributed by atoms with Gasteiger partial charge in [0.05, 0.1) is 27.9 Å². The van der Waals surface area contributed by atoms with Crippen molar-refractivity contribution in [1.29, 1.82) is 0 Å². The van der Waals surface area contributed by atoms with Gasteiger partial charge >= 0.3 is 0 Å². The molecular weight excluding hydrogens is 389 g/mol. The zero-order valence-electron chi connectivity index (χ0n) is 17.6. The molecule has 0 atom stereocenters. The molecule has 1 aliphatic heterocycles. The van der Waals surface area contributed by atoms with Crippen molar-refractivity contribution in [3.8, 4) is 17.2 Å². The van der Waals surface area contributed by atoms with Gasteiger partial charge < -0.3 is 19.5 Å². The van der Waals surface area contributed by atoms with E-state index in [-0.39, 0.29) is 11.7 Å². The quantitative estimate of drug-likeness (QED) is 0.713. The van der Waals surface area contributed by atoms with Gasteiger partial charge in [0, 0.05) is 44.0 Å². The summed E-state index contributed by atoms with van der Waals surface area (Å²) in [6.07, 6.45) is 0. The number of amides is 1. The summed E-state index contributed by atoms with van der Waals surface area (Å²) < 4.78 is 29.3. The summed E-state index contributed by atoms with van der Waals surface area (Å²) in [6, 6.07) is 9.65. The molecule has 30 heavy (non-hydrogen) atoms. The van der Waals surface area contributed by atoms with E-state index in [9.17, 15) is 9.18 Å². The Morgan fingerprint density at radius 2 is 1.53 bits per heavy atom. The lowest BCUT2D eigenvalue weighted by molar-refractivity contribution is -0.117. The van der Waals surface area contributed by atoms with Crippen LogP contribution in [-0.2, 0) is 11.3 Å². The minimum Gasteiger partial charge on any atom is -0.493 e. The molecule has 0 saturated carbocycles. The van der Waals surface area contributed by atoms with E-state index in [4.69, 9.17) is 14.2 Å². The van der Waals surface area contributed by atoms with Gasteiger partial charge in [0.2, 0.25) is 11.7 Å². The van der Waals surface area contributed by atoms with Crippen LogP contribution < -0.4 is 19.5 Å². The van der Waals surface area contributed by atoms with Crippen LogP contribution in [0.1, 0.15) is 5.56 Å². The molecule has 3 rings (SSSR count). The molecule has 1 heterocycles. The fraction of sp³-hybridized carbons (Fsp3) is 0.409. The molecule has 2 aromatic rings. The van der Waals surface area contributed by atoms with Crippen molar-refractivity contribution < 1.29 is 23.4 Å². The lowest BCUT2D eigenvalue weighted by atomic mass is 10.1. The van der Waals surface area contributed by atoms with Crippen LogP contribution in [0.5, 0.6) is 17.2 Å². The molecule has 1 aliphatic rings. The molecule has 1 fully saturated rings. The fourth-order valence-electron chi connectivity index (χ4n) is 3.57. The second kappa shape index (κ2) is 10.3. The van der Waals surface area contributed by atoms with E-state index in [0.29, 0.717) is 29.5 Å². The Kier molecular flexibility index (Phi) is 7.48. The fourth-order valence-corrected chi connectivity index (χ4v) is 3.57. The molecule has 1 amide bonds. The van der Waals surface area contributed by atoms with Gasteiger partial charge in [-0.25, -0.2) is 4.39 Å².